The van der Waals surface area contributed by atoms with E-state index in [4.69, 9.17) is 19.4 Å². The zero-order valence-corrected chi connectivity index (χ0v) is 29.0. The maximum atomic E-state index is 6.28. The first kappa shape index (κ1) is 30.3. The smallest absolute Gasteiger partial charge is 0.164 e. The summed E-state index contributed by atoms with van der Waals surface area (Å²) >= 11 is 0. The molecule has 8 aromatic carbocycles. The lowest BCUT2D eigenvalue weighted by Gasteiger charge is -2.15. The zero-order chi connectivity index (χ0) is 35.6. The Morgan fingerprint density at radius 2 is 1.00 bits per heavy atom. The standard InChI is InChI=1S/C49H30N4O/c1-3-14-31(15-4-1)40-30-35(53-42-23-11-9-20-36(42)41-28-33-18-7-8-19-34(33)29-43(41)53)26-27-37(40)48-50-47(32-16-5-2-6-17-32)51-49(52-48)39-22-13-25-45-46(39)38-21-10-12-24-44(38)54-45/h1-30H. The second-order valence-electron chi connectivity index (χ2n) is 13.6. The van der Waals surface area contributed by atoms with Gasteiger partial charge in [-0.05, 0) is 70.4 Å². The molecule has 0 aliphatic carbocycles. The van der Waals surface area contributed by atoms with Crippen molar-refractivity contribution in [1.82, 2.24) is 19.5 Å². The molecule has 0 radical (unpaired) electrons. The fraction of sp³-hybridized carbons (Fsp3) is 0. The Labute approximate surface area is 310 Å². The maximum absolute atomic E-state index is 6.28. The number of fused-ring (bicyclic) bond motifs is 7. The van der Waals surface area contributed by atoms with Gasteiger partial charge in [-0.3, -0.25) is 0 Å². The summed E-state index contributed by atoms with van der Waals surface area (Å²) in [5, 5.41) is 6.90. The van der Waals surface area contributed by atoms with Crippen molar-refractivity contribution in [3.8, 4) is 51.0 Å². The minimum Gasteiger partial charge on any atom is -0.456 e. The number of benzene rings is 8. The first-order valence-corrected chi connectivity index (χ1v) is 18.1. The number of aromatic nitrogens is 4. The average Bonchev–Trinajstić information content (AvgIpc) is 3.78. The molecule has 0 unspecified atom stereocenters. The van der Waals surface area contributed by atoms with E-state index in [-0.39, 0.29) is 0 Å². The average molecular weight is 691 g/mol. The highest BCUT2D eigenvalue weighted by molar-refractivity contribution is 6.14. The van der Waals surface area contributed by atoms with E-state index < -0.39 is 0 Å². The molecule has 0 aliphatic heterocycles. The molecular formula is C49H30N4O. The van der Waals surface area contributed by atoms with Crippen molar-refractivity contribution in [3.63, 3.8) is 0 Å². The Morgan fingerprint density at radius 1 is 0.370 bits per heavy atom. The number of nitrogens with zero attached hydrogens (tertiary/aromatic N) is 4. The van der Waals surface area contributed by atoms with E-state index in [1.165, 1.54) is 21.5 Å². The van der Waals surface area contributed by atoms with E-state index in [2.05, 4.69) is 126 Å². The zero-order valence-electron chi connectivity index (χ0n) is 29.0. The minimum absolute atomic E-state index is 0.591. The number of furan rings is 1. The van der Waals surface area contributed by atoms with Crippen molar-refractivity contribution in [2.24, 2.45) is 0 Å². The van der Waals surface area contributed by atoms with Gasteiger partial charge in [0.25, 0.3) is 0 Å². The van der Waals surface area contributed by atoms with Crippen LogP contribution >= 0.6 is 0 Å². The van der Waals surface area contributed by atoms with Gasteiger partial charge in [0, 0.05) is 43.9 Å². The van der Waals surface area contributed by atoms with Gasteiger partial charge in [0.05, 0.1) is 11.0 Å². The molecular weight excluding hydrogens is 661 g/mol. The predicted molar refractivity (Wildman–Crippen MR) is 221 cm³/mol. The van der Waals surface area contributed by atoms with Gasteiger partial charge in [0.15, 0.2) is 17.5 Å². The highest BCUT2D eigenvalue weighted by atomic mass is 16.3. The van der Waals surface area contributed by atoms with E-state index in [9.17, 15) is 0 Å². The number of para-hydroxylation sites is 2. The quantitative estimate of drug-likeness (QED) is 0.180. The summed E-state index contributed by atoms with van der Waals surface area (Å²) in [4.78, 5) is 15.6. The molecule has 54 heavy (non-hydrogen) atoms. The minimum atomic E-state index is 0.591. The van der Waals surface area contributed by atoms with Gasteiger partial charge < -0.3 is 8.98 Å². The van der Waals surface area contributed by atoms with Gasteiger partial charge in [-0.25, -0.2) is 15.0 Å². The van der Waals surface area contributed by atoms with Gasteiger partial charge in [-0.15, -0.1) is 0 Å². The van der Waals surface area contributed by atoms with Gasteiger partial charge >= 0.3 is 0 Å². The Kier molecular flexibility index (Phi) is 6.79. The summed E-state index contributed by atoms with van der Waals surface area (Å²) < 4.78 is 8.66. The van der Waals surface area contributed by atoms with Crippen molar-refractivity contribution in [1.29, 1.82) is 0 Å². The van der Waals surface area contributed by atoms with E-state index in [1.54, 1.807) is 0 Å². The highest BCUT2D eigenvalue weighted by Gasteiger charge is 2.21. The molecule has 0 saturated carbocycles. The molecule has 0 amide bonds. The normalized spacial score (nSPS) is 11.7. The van der Waals surface area contributed by atoms with Crippen LogP contribution in [0.1, 0.15) is 0 Å². The molecule has 5 nitrogen and oxygen atoms in total. The molecule has 0 bridgehead atoms. The third-order valence-electron chi connectivity index (χ3n) is 10.4. The van der Waals surface area contributed by atoms with E-state index in [1.807, 2.05) is 60.7 Å². The van der Waals surface area contributed by atoms with E-state index >= 15 is 0 Å². The molecule has 3 heterocycles. The fourth-order valence-corrected chi connectivity index (χ4v) is 7.95. The predicted octanol–water partition coefficient (Wildman–Crippen LogP) is 12.7. The summed E-state index contributed by atoms with van der Waals surface area (Å²) in [6.45, 7) is 0. The van der Waals surface area contributed by atoms with Gasteiger partial charge in [0.1, 0.15) is 11.2 Å². The number of rotatable bonds is 5. The van der Waals surface area contributed by atoms with Crippen LogP contribution in [0.25, 0.3) is 105 Å². The van der Waals surface area contributed by atoms with Crippen molar-refractivity contribution in [2.45, 2.75) is 0 Å². The van der Waals surface area contributed by atoms with Crippen LogP contribution in [-0.4, -0.2) is 19.5 Å². The van der Waals surface area contributed by atoms with Crippen LogP contribution in [0.5, 0.6) is 0 Å². The van der Waals surface area contributed by atoms with Crippen LogP contribution < -0.4 is 0 Å². The Bertz CT molecular complexity index is 3220. The third-order valence-corrected chi connectivity index (χ3v) is 10.4. The summed E-state index contributed by atoms with van der Waals surface area (Å²) in [6, 6.07) is 63.4. The van der Waals surface area contributed by atoms with E-state index in [0.717, 1.165) is 66.5 Å². The fourth-order valence-electron chi connectivity index (χ4n) is 7.95. The lowest BCUT2D eigenvalue weighted by Crippen LogP contribution is -2.02. The monoisotopic (exact) mass is 690 g/mol. The molecule has 0 saturated heterocycles. The summed E-state index contributed by atoms with van der Waals surface area (Å²) in [5.74, 6) is 1.80. The third kappa shape index (κ3) is 4.83. The molecule has 11 rings (SSSR count). The van der Waals surface area contributed by atoms with Gasteiger partial charge in [0.2, 0.25) is 0 Å². The molecule has 0 aliphatic rings. The van der Waals surface area contributed by atoms with Crippen molar-refractivity contribution >= 4 is 54.5 Å². The molecule has 0 spiro atoms. The van der Waals surface area contributed by atoms with Crippen LogP contribution in [0.15, 0.2) is 186 Å². The van der Waals surface area contributed by atoms with Gasteiger partial charge in [-0.2, -0.15) is 0 Å². The summed E-state index contributed by atoms with van der Waals surface area (Å²) in [6.07, 6.45) is 0. The molecule has 252 valence electrons. The van der Waals surface area contributed by atoms with E-state index in [0.29, 0.717) is 17.5 Å². The van der Waals surface area contributed by atoms with Crippen molar-refractivity contribution < 1.29 is 4.42 Å². The van der Waals surface area contributed by atoms with Gasteiger partial charge in [-0.1, -0.05) is 133 Å². The van der Waals surface area contributed by atoms with Crippen molar-refractivity contribution in [2.75, 3.05) is 0 Å². The van der Waals surface area contributed by atoms with Crippen LogP contribution in [0.2, 0.25) is 0 Å². The van der Waals surface area contributed by atoms with Crippen LogP contribution in [-0.2, 0) is 0 Å². The summed E-state index contributed by atoms with van der Waals surface area (Å²) in [5.41, 5.74) is 9.85. The molecule has 0 fully saturated rings. The second kappa shape index (κ2) is 12.1. The van der Waals surface area contributed by atoms with Crippen LogP contribution in [0, 0.1) is 0 Å². The molecule has 0 atom stereocenters. The Balaban J connectivity index is 1.18. The topological polar surface area (TPSA) is 56.7 Å². The first-order chi connectivity index (χ1) is 26.8. The lowest BCUT2D eigenvalue weighted by molar-refractivity contribution is 0.669. The van der Waals surface area contributed by atoms with Crippen LogP contribution in [0.3, 0.4) is 0 Å². The SMILES string of the molecule is c1ccc(-c2nc(-c3ccc(-n4c5ccccc5c5cc6ccccc6cc54)cc3-c3ccccc3)nc(-c3cccc4oc5ccccc5c34)n2)cc1. The first-order valence-electron chi connectivity index (χ1n) is 18.1. The number of hydrogen-bond acceptors (Lipinski definition) is 4. The molecule has 11 aromatic rings. The van der Waals surface area contributed by atoms with Crippen molar-refractivity contribution in [3.05, 3.63) is 182 Å². The Hall–Kier alpha value is -7.37. The Morgan fingerprint density at radius 3 is 1.81 bits per heavy atom. The summed E-state index contributed by atoms with van der Waals surface area (Å²) in [7, 11) is 0. The lowest BCUT2D eigenvalue weighted by atomic mass is 9.98. The molecule has 5 heteroatoms. The largest absolute Gasteiger partial charge is 0.456 e. The second-order valence-corrected chi connectivity index (χ2v) is 13.6. The number of hydrogen-bond donors (Lipinski definition) is 0. The maximum Gasteiger partial charge on any atom is 0.164 e. The highest BCUT2D eigenvalue weighted by Crippen LogP contribution is 2.40. The van der Waals surface area contributed by atoms with Crippen LogP contribution in [0.4, 0.5) is 0 Å². The molecule has 0 N–H and O–H groups in total. The molecule has 3 aromatic heterocycles.